The number of fused-ring (bicyclic) bond motifs is 20. The first-order valence-corrected chi connectivity index (χ1v) is 18.4. The van der Waals surface area contributed by atoms with Crippen LogP contribution in [0.5, 0.6) is 0 Å². The Morgan fingerprint density at radius 1 is 0.400 bits per heavy atom. The predicted molar refractivity (Wildman–Crippen MR) is 204 cm³/mol. The summed E-state index contributed by atoms with van der Waals surface area (Å²) in [6.07, 6.45) is 0. The van der Waals surface area contributed by atoms with Gasteiger partial charge in [-0.15, -0.1) is 58.0 Å². The first-order chi connectivity index (χ1) is 24.6. The Morgan fingerprint density at radius 2 is 0.840 bits per heavy atom. The molecule has 50 heavy (non-hydrogen) atoms. The Morgan fingerprint density at radius 3 is 1.38 bits per heavy atom. The zero-order valence-corrected chi connectivity index (χ0v) is 29.7. The molecular formula is C37H23Cl5N8. The van der Waals surface area contributed by atoms with Crippen LogP contribution < -0.4 is 0 Å². The lowest BCUT2D eigenvalue weighted by molar-refractivity contribution is 1.17. The summed E-state index contributed by atoms with van der Waals surface area (Å²) in [5, 5.41) is 3.27. The molecule has 0 saturated heterocycles. The third-order valence-corrected chi connectivity index (χ3v) is 10.7. The van der Waals surface area contributed by atoms with Crippen molar-refractivity contribution >= 4 is 102 Å². The van der Waals surface area contributed by atoms with Crippen LogP contribution in [0.2, 0.25) is 0 Å². The van der Waals surface area contributed by atoms with E-state index in [-0.39, 0.29) is 29.4 Å². The number of nitrogens with one attached hydrogen (secondary N) is 2. The third kappa shape index (κ3) is 4.73. The average molecular weight is 757 g/mol. The van der Waals surface area contributed by atoms with E-state index in [0.717, 1.165) is 71.6 Å². The van der Waals surface area contributed by atoms with Gasteiger partial charge in [0.15, 0.2) is 23.3 Å². The SMILES string of the molecule is ClCc1cccc2c1-c1nc-2nc2[nH]c(nc3nc(nc4[nH]c(n1)c1c(CCl)c(CCl)c(CCl)c(CCl)c41)-c1ccccc1-3)c1ccccc21. The van der Waals surface area contributed by atoms with Crippen LogP contribution in [0.1, 0.15) is 27.8 Å². The summed E-state index contributed by atoms with van der Waals surface area (Å²) < 4.78 is 0. The van der Waals surface area contributed by atoms with E-state index in [2.05, 4.69) is 9.97 Å². The molecule has 5 heterocycles. The maximum atomic E-state index is 6.73. The molecule has 9 rings (SSSR count). The smallest absolute Gasteiger partial charge is 0.165 e. The van der Waals surface area contributed by atoms with Gasteiger partial charge < -0.3 is 9.97 Å². The number of hydrogen-bond donors (Lipinski definition) is 2. The molecule has 0 fully saturated rings. The molecule has 3 aromatic heterocycles. The van der Waals surface area contributed by atoms with Crippen molar-refractivity contribution in [1.82, 2.24) is 39.9 Å². The molecule has 246 valence electrons. The highest BCUT2D eigenvalue weighted by Gasteiger charge is 2.27. The molecule has 0 spiro atoms. The summed E-state index contributed by atoms with van der Waals surface area (Å²) in [7, 11) is 0. The van der Waals surface area contributed by atoms with Crippen LogP contribution >= 0.6 is 58.0 Å². The van der Waals surface area contributed by atoms with Gasteiger partial charge in [-0.3, -0.25) is 0 Å². The van der Waals surface area contributed by atoms with E-state index in [1.54, 1.807) is 0 Å². The molecule has 8 bridgehead atoms. The second-order valence-corrected chi connectivity index (χ2v) is 13.2. The van der Waals surface area contributed by atoms with Crippen molar-refractivity contribution < 1.29 is 0 Å². The Hall–Kier alpha value is -4.31. The second kappa shape index (κ2) is 12.5. The third-order valence-electron chi connectivity index (χ3n) is 9.33. The summed E-state index contributed by atoms with van der Waals surface area (Å²) in [4.78, 5) is 37.5. The summed E-state index contributed by atoms with van der Waals surface area (Å²) in [5.74, 6) is 2.85. The molecule has 0 atom stereocenters. The summed E-state index contributed by atoms with van der Waals surface area (Å²) in [6, 6.07) is 21.7. The van der Waals surface area contributed by atoms with E-state index >= 15 is 0 Å². The topological polar surface area (TPSA) is 109 Å². The van der Waals surface area contributed by atoms with E-state index in [1.807, 2.05) is 66.7 Å². The molecule has 0 unspecified atom stereocenters. The van der Waals surface area contributed by atoms with Crippen molar-refractivity contribution in [2.45, 2.75) is 29.4 Å². The van der Waals surface area contributed by atoms with Crippen molar-refractivity contribution in [1.29, 1.82) is 0 Å². The molecule has 8 nitrogen and oxygen atoms in total. The molecule has 2 N–H and O–H groups in total. The molecule has 2 aliphatic rings. The van der Waals surface area contributed by atoms with Crippen molar-refractivity contribution in [3.63, 3.8) is 0 Å². The van der Waals surface area contributed by atoms with Crippen molar-refractivity contribution in [3.8, 4) is 45.6 Å². The highest BCUT2D eigenvalue weighted by atomic mass is 35.5. The molecule has 0 aliphatic carbocycles. The monoisotopic (exact) mass is 754 g/mol. The number of alkyl halides is 5. The van der Waals surface area contributed by atoms with E-state index in [0.29, 0.717) is 45.9 Å². The van der Waals surface area contributed by atoms with Crippen LogP contribution in [-0.4, -0.2) is 39.9 Å². The minimum atomic E-state index is 0.149. The first kappa shape index (κ1) is 31.7. The lowest BCUT2D eigenvalue weighted by Crippen LogP contribution is -2.02. The van der Waals surface area contributed by atoms with Gasteiger partial charge in [-0.2, -0.15) is 0 Å². The molecule has 0 saturated carbocycles. The largest absolute Gasteiger partial charge is 0.324 e. The van der Waals surface area contributed by atoms with Gasteiger partial charge in [0, 0.05) is 73.2 Å². The summed E-state index contributed by atoms with van der Waals surface area (Å²) in [5.41, 5.74) is 9.58. The highest BCUT2D eigenvalue weighted by molar-refractivity contribution is 6.25. The first-order valence-electron chi connectivity index (χ1n) is 15.7. The number of hydrogen-bond acceptors (Lipinski definition) is 6. The standard InChI is InChI=1S/C37H23Cl5N8/c38-12-17-6-5-11-22-27(17)35-48-34(22)46-32-19-8-2-1-7-18(19)30(44-32)43-31-20-9-3-4-10-21(20)33(45-31)47-36-28-25(15-41)23(13-39)24(14-40)26(16-42)29(28)37(49-35)50-36/h1-11H,12-16H2,(H2,43,44,45,46,47,48,49,50). The number of nitrogens with zero attached hydrogens (tertiary/aromatic N) is 6. The number of halogens is 5. The van der Waals surface area contributed by atoms with Gasteiger partial charge in [0.1, 0.15) is 22.6 Å². The Balaban J connectivity index is 1.55. The quantitative estimate of drug-likeness (QED) is 0.169. The molecule has 4 aromatic carbocycles. The van der Waals surface area contributed by atoms with Crippen LogP contribution in [0.25, 0.3) is 89.7 Å². The van der Waals surface area contributed by atoms with E-state index in [9.17, 15) is 0 Å². The predicted octanol–water partition coefficient (Wildman–Crippen LogP) is 10.6. The van der Waals surface area contributed by atoms with Gasteiger partial charge in [-0.1, -0.05) is 66.7 Å². The minimum absolute atomic E-state index is 0.149. The van der Waals surface area contributed by atoms with E-state index < -0.39 is 0 Å². The molecule has 7 aromatic rings. The van der Waals surface area contributed by atoms with Crippen molar-refractivity contribution in [3.05, 3.63) is 94.5 Å². The fraction of sp³-hybridized carbons (Fsp3) is 0.135. The molecule has 13 heteroatoms. The maximum absolute atomic E-state index is 6.73. The average Bonchev–Trinajstić information content (AvgIpc) is 3.89. The lowest BCUT2D eigenvalue weighted by Gasteiger charge is -2.16. The van der Waals surface area contributed by atoms with E-state index in [1.165, 1.54) is 0 Å². The van der Waals surface area contributed by atoms with Crippen molar-refractivity contribution in [2.24, 2.45) is 0 Å². The zero-order chi connectivity index (χ0) is 34.1. The summed E-state index contributed by atoms with van der Waals surface area (Å²) >= 11 is 33.1. The molecule has 0 amide bonds. The maximum Gasteiger partial charge on any atom is 0.165 e. The number of benzene rings is 4. The van der Waals surface area contributed by atoms with Gasteiger partial charge in [0.05, 0.1) is 0 Å². The zero-order valence-electron chi connectivity index (χ0n) is 26.0. The molecular weight excluding hydrogens is 734 g/mol. The Bertz CT molecular complexity index is 2720. The Labute approximate surface area is 309 Å². The van der Waals surface area contributed by atoms with E-state index in [4.69, 9.17) is 87.9 Å². The van der Waals surface area contributed by atoms with Crippen LogP contribution in [0, 0.1) is 0 Å². The number of rotatable bonds is 5. The lowest BCUT2D eigenvalue weighted by atomic mass is 9.93. The van der Waals surface area contributed by atoms with Gasteiger partial charge in [0.25, 0.3) is 0 Å². The van der Waals surface area contributed by atoms with Crippen LogP contribution in [0.3, 0.4) is 0 Å². The normalized spacial score (nSPS) is 12.1. The number of aromatic amines is 2. The van der Waals surface area contributed by atoms with Crippen LogP contribution in [-0.2, 0) is 29.4 Å². The van der Waals surface area contributed by atoms with Gasteiger partial charge in [-0.05, 0) is 27.8 Å². The summed E-state index contributed by atoms with van der Waals surface area (Å²) in [6.45, 7) is 0. The minimum Gasteiger partial charge on any atom is -0.324 e. The second-order valence-electron chi connectivity index (χ2n) is 11.9. The van der Waals surface area contributed by atoms with Gasteiger partial charge in [0.2, 0.25) is 0 Å². The fourth-order valence-corrected chi connectivity index (χ4v) is 8.52. The van der Waals surface area contributed by atoms with Gasteiger partial charge >= 0.3 is 0 Å². The molecule has 2 aliphatic heterocycles. The Kier molecular flexibility index (Phi) is 7.90. The van der Waals surface area contributed by atoms with Crippen LogP contribution in [0.4, 0.5) is 0 Å². The van der Waals surface area contributed by atoms with Gasteiger partial charge in [-0.25, -0.2) is 29.9 Å². The number of H-pyrrole nitrogens is 2. The number of aromatic nitrogens is 8. The molecule has 0 radical (unpaired) electrons. The highest BCUT2D eigenvalue weighted by Crippen LogP contribution is 2.42. The van der Waals surface area contributed by atoms with Crippen LogP contribution in [0.15, 0.2) is 66.7 Å². The fourth-order valence-electron chi connectivity index (χ4n) is 7.06. The van der Waals surface area contributed by atoms with Crippen molar-refractivity contribution in [2.75, 3.05) is 0 Å².